The summed E-state index contributed by atoms with van der Waals surface area (Å²) in [5.74, 6) is -1.50. The molecule has 2 atom stereocenters. The Morgan fingerprint density at radius 3 is 2.85 bits per heavy atom. The van der Waals surface area contributed by atoms with E-state index in [2.05, 4.69) is 5.32 Å². The van der Waals surface area contributed by atoms with E-state index in [9.17, 15) is 9.59 Å². The van der Waals surface area contributed by atoms with Gasteiger partial charge in [0, 0.05) is 11.5 Å². The van der Waals surface area contributed by atoms with E-state index in [1.165, 1.54) is 11.3 Å². The Labute approximate surface area is 125 Å². The highest BCUT2D eigenvalue weighted by Gasteiger charge is 2.39. The highest BCUT2D eigenvalue weighted by molar-refractivity contribution is 7.16. The van der Waals surface area contributed by atoms with Gasteiger partial charge in [0.05, 0.1) is 28.8 Å². The van der Waals surface area contributed by atoms with Crippen LogP contribution >= 0.6 is 22.9 Å². The van der Waals surface area contributed by atoms with E-state index in [0.29, 0.717) is 17.4 Å². The van der Waals surface area contributed by atoms with Crippen LogP contribution in [0.2, 0.25) is 4.34 Å². The fraction of sp³-hybridized carbons (Fsp3) is 0.538. The number of amides is 1. The Bertz CT molecular complexity index is 510. The van der Waals surface area contributed by atoms with Crippen LogP contribution in [0, 0.1) is 0 Å². The van der Waals surface area contributed by atoms with Crippen LogP contribution in [0.5, 0.6) is 0 Å². The van der Waals surface area contributed by atoms with Gasteiger partial charge in [-0.1, -0.05) is 11.6 Å². The Hall–Kier alpha value is -1.11. The number of halogens is 1. The number of thiophene rings is 1. The van der Waals surface area contributed by atoms with Gasteiger partial charge in [0.25, 0.3) is 0 Å². The molecular weight excluding hydrogens is 302 g/mol. The zero-order chi connectivity index (χ0) is 14.8. The summed E-state index contributed by atoms with van der Waals surface area (Å²) in [5.41, 5.74) is -0.793. The molecular formula is C13H16ClNO4S. The van der Waals surface area contributed by atoms with Crippen molar-refractivity contribution in [1.29, 1.82) is 0 Å². The highest BCUT2D eigenvalue weighted by Crippen LogP contribution is 2.30. The van der Waals surface area contributed by atoms with Gasteiger partial charge in [-0.05, 0) is 25.5 Å². The standard InChI is InChI=1S/C13H16ClNO4S/c1-8(9-2-3-10(14)20-9)12(18)15-13(6-11(16)17)4-5-19-7-13/h2-3,8H,4-7H2,1H3,(H,15,18)(H,16,17). The average molecular weight is 318 g/mol. The molecule has 1 aliphatic rings. The number of ether oxygens (including phenoxy) is 1. The molecule has 2 N–H and O–H groups in total. The number of aliphatic carboxylic acids is 1. The molecule has 110 valence electrons. The quantitative estimate of drug-likeness (QED) is 0.873. The van der Waals surface area contributed by atoms with Gasteiger partial charge in [0.15, 0.2) is 0 Å². The maximum absolute atomic E-state index is 12.3. The maximum Gasteiger partial charge on any atom is 0.305 e. The number of carboxylic acid groups (broad SMARTS) is 1. The van der Waals surface area contributed by atoms with Crippen LogP contribution in [-0.4, -0.2) is 35.7 Å². The smallest absolute Gasteiger partial charge is 0.305 e. The molecule has 0 spiro atoms. The number of carboxylic acids is 1. The van der Waals surface area contributed by atoms with E-state index in [0.717, 1.165) is 4.88 Å². The van der Waals surface area contributed by atoms with Gasteiger partial charge in [0.1, 0.15) is 0 Å². The Morgan fingerprint density at radius 2 is 2.35 bits per heavy atom. The molecule has 7 heteroatoms. The molecule has 1 saturated heterocycles. The molecule has 1 aromatic heterocycles. The van der Waals surface area contributed by atoms with Crippen molar-refractivity contribution in [3.63, 3.8) is 0 Å². The summed E-state index contributed by atoms with van der Waals surface area (Å²) < 4.78 is 5.88. The summed E-state index contributed by atoms with van der Waals surface area (Å²) in [6, 6.07) is 3.56. The van der Waals surface area contributed by atoms with Crippen molar-refractivity contribution in [2.24, 2.45) is 0 Å². The molecule has 0 aromatic carbocycles. The third-order valence-corrected chi connectivity index (χ3v) is 4.81. The summed E-state index contributed by atoms with van der Waals surface area (Å²) in [5, 5.41) is 11.8. The van der Waals surface area contributed by atoms with Crippen molar-refractivity contribution in [2.45, 2.75) is 31.2 Å². The van der Waals surface area contributed by atoms with E-state index >= 15 is 0 Å². The van der Waals surface area contributed by atoms with Crippen LogP contribution < -0.4 is 5.32 Å². The minimum atomic E-state index is -0.942. The number of hydrogen-bond acceptors (Lipinski definition) is 4. The van der Waals surface area contributed by atoms with Gasteiger partial charge < -0.3 is 15.2 Å². The minimum absolute atomic E-state index is 0.128. The van der Waals surface area contributed by atoms with Crippen LogP contribution in [0.4, 0.5) is 0 Å². The van der Waals surface area contributed by atoms with Crippen molar-refractivity contribution >= 4 is 34.8 Å². The second-order valence-corrected chi connectivity index (χ2v) is 6.75. The van der Waals surface area contributed by atoms with E-state index in [1.54, 1.807) is 13.0 Å². The SMILES string of the molecule is CC(C(=O)NC1(CC(=O)O)CCOC1)c1ccc(Cl)s1. The average Bonchev–Trinajstić information content (AvgIpc) is 2.97. The monoisotopic (exact) mass is 317 g/mol. The number of carbonyl (C=O) groups is 2. The third-order valence-electron chi connectivity index (χ3n) is 3.40. The first-order chi connectivity index (χ1) is 9.42. The number of rotatable bonds is 5. The second kappa shape index (κ2) is 6.11. The molecule has 5 nitrogen and oxygen atoms in total. The molecule has 1 aliphatic heterocycles. The summed E-state index contributed by atoms with van der Waals surface area (Å²) in [6.45, 7) is 2.48. The van der Waals surface area contributed by atoms with E-state index in [1.807, 2.05) is 6.07 Å². The summed E-state index contributed by atoms with van der Waals surface area (Å²) in [4.78, 5) is 24.1. The molecule has 1 amide bonds. The van der Waals surface area contributed by atoms with E-state index in [4.69, 9.17) is 21.4 Å². The summed E-state index contributed by atoms with van der Waals surface area (Å²) >= 11 is 7.22. The van der Waals surface area contributed by atoms with Crippen LogP contribution in [0.15, 0.2) is 12.1 Å². The first-order valence-corrected chi connectivity index (χ1v) is 7.48. The minimum Gasteiger partial charge on any atom is -0.481 e. The first-order valence-electron chi connectivity index (χ1n) is 6.29. The van der Waals surface area contributed by atoms with Gasteiger partial charge in [-0.2, -0.15) is 0 Å². The zero-order valence-corrected chi connectivity index (χ0v) is 12.6. The molecule has 0 radical (unpaired) electrons. The lowest BCUT2D eigenvalue weighted by Gasteiger charge is -2.28. The topological polar surface area (TPSA) is 75.6 Å². The molecule has 0 saturated carbocycles. The van der Waals surface area contributed by atoms with Crippen molar-refractivity contribution in [2.75, 3.05) is 13.2 Å². The highest BCUT2D eigenvalue weighted by atomic mass is 35.5. The third kappa shape index (κ3) is 3.50. The second-order valence-electron chi connectivity index (χ2n) is 5.01. The molecule has 2 heterocycles. The molecule has 2 rings (SSSR count). The maximum atomic E-state index is 12.3. The Morgan fingerprint density at radius 1 is 1.60 bits per heavy atom. The molecule has 0 aliphatic carbocycles. The van der Waals surface area contributed by atoms with Crippen LogP contribution in [0.3, 0.4) is 0 Å². The molecule has 20 heavy (non-hydrogen) atoms. The van der Waals surface area contributed by atoms with Crippen LogP contribution in [0.25, 0.3) is 0 Å². The summed E-state index contributed by atoms with van der Waals surface area (Å²) in [7, 11) is 0. The van der Waals surface area contributed by atoms with Gasteiger partial charge in [-0.3, -0.25) is 9.59 Å². The molecule has 0 bridgehead atoms. The lowest BCUT2D eigenvalue weighted by Crippen LogP contribution is -2.51. The van der Waals surface area contributed by atoms with Crippen molar-refractivity contribution < 1.29 is 19.4 Å². The first kappa shape index (κ1) is 15.3. The Kier molecular flexibility index (Phi) is 4.67. The Balaban J connectivity index is 2.06. The van der Waals surface area contributed by atoms with Gasteiger partial charge in [0.2, 0.25) is 5.91 Å². The lowest BCUT2D eigenvalue weighted by atomic mass is 9.93. The van der Waals surface area contributed by atoms with E-state index in [-0.39, 0.29) is 24.9 Å². The largest absolute Gasteiger partial charge is 0.481 e. The summed E-state index contributed by atoms with van der Waals surface area (Å²) in [6.07, 6.45) is 0.389. The predicted octanol–water partition coefficient (Wildman–Crippen LogP) is 2.25. The van der Waals surface area contributed by atoms with Crippen molar-refractivity contribution in [3.8, 4) is 0 Å². The molecule has 1 aromatic rings. The zero-order valence-electron chi connectivity index (χ0n) is 11.0. The molecule has 2 unspecified atom stereocenters. The number of nitrogens with one attached hydrogen (secondary N) is 1. The van der Waals surface area contributed by atoms with Gasteiger partial charge >= 0.3 is 5.97 Å². The van der Waals surface area contributed by atoms with Gasteiger partial charge in [-0.15, -0.1) is 11.3 Å². The number of carbonyl (C=O) groups excluding carboxylic acids is 1. The number of hydrogen-bond donors (Lipinski definition) is 2. The van der Waals surface area contributed by atoms with E-state index < -0.39 is 11.5 Å². The van der Waals surface area contributed by atoms with Crippen LogP contribution in [0.1, 0.15) is 30.6 Å². The van der Waals surface area contributed by atoms with Crippen molar-refractivity contribution in [1.82, 2.24) is 5.32 Å². The van der Waals surface area contributed by atoms with Crippen molar-refractivity contribution in [3.05, 3.63) is 21.3 Å². The normalized spacial score (nSPS) is 23.5. The van der Waals surface area contributed by atoms with Crippen LogP contribution in [-0.2, 0) is 14.3 Å². The fourth-order valence-corrected chi connectivity index (χ4v) is 3.35. The molecule has 1 fully saturated rings. The predicted molar refractivity (Wildman–Crippen MR) is 76.3 cm³/mol. The fourth-order valence-electron chi connectivity index (χ4n) is 2.24. The van der Waals surface area contributed by atoms with Gasteiger partial charge in [-0.25, -0.2) is 0 Å². The lowest BCUT2D eigenvalue weighted by molar-refractivity contribution is -0.139.